The standard InChI is InChI=1S/C12H9F5.2CH3O.S.Ti/c1-12(17)7(6-4-2-3-5-6)8(13)9(14)10(15)11(12)16;2*1-2;;/h2-4,11H,5H2,1H3;2*1H3;;/q;2*-1;;+2. The van der Waals surface area contributed by atoms with Crippen LogP contribution < -0.4 is 0 Å². The summed E-state index contributed by atoms with van der Waals surface area (Å²) in [6.45, 7) is 0.706. The summed E-state index contributed by atoms with van der Waals surface area (Å²) >= 11 is -1.80. The molecule has 0 saturated heterocycles. The summed E-state index contributed by atoms with van der Waals surface area (Å²) in [6, 6.07) is 0. The number of hydrogen-bond donors (Lipinski definition) is 0. The molecule has 0 aliphatic heterocycles. The first-order valence-electron chi connectivity index (χ1n) is 6.45. The minimum atomic E-state index is -2.90. The van der Waals surface area contributed by atoms with Crippen molar-refractivity contribution in [3.63, 3.8) is 0 Å². The molecule has 23 heavy (non-hydrogen) atoms. The van der Waals surface area contributed by atoms with Crippen molar-refractivity contribution in [2.45, 2.75) is 25.2 Å². The molecular weight excluding hydrogens is 375 g/mol. The molecule has 0 aromatic carbocycles. The molecule has 0 heterocycles. The molecule has 0 fully saturated rings. The molecule has 0 spiro atoms. The van der Waals surface area contributed by atoms with Crippen molar-refractivity contribution in [3.8, 4) is 0 Å². The second kappa shape index (κ2) is 8.53. The van der Waals surface area contributed by atoms with Crippen LogP contribution in [0.2, 0.25) is 0 Å². The molecule has 0 N–H and O–H groups in total. The van der Waals surface area contributed by atoms with Crippen molar-refractivity contribution in [1.82, 2.24) is 0 Å². The maximum atomic E-state index is 14.1. The van der Waals surface area contributed by atoms with E-state index in [2.05, 4.69) is 16.3 Å². The fourth-order valence-corrected chi connectivity index (χ4v) is 2.34. The van der Waals surface area contributed by atoms with Crippen molar-refractivity contribution >= 4 is 9.70 Å². The van der Waals surface area contributed by atoms with Crippen LogP contribution in [0.15, 0.2) is 46.9 Å². The van der Waals surface area contributed by atoms with Crippen molar-refractivity contribution in [1.29, 1.82) is 0 Å². The summed E-state index contributed by atoms with van der Waals surface area (Å²) in [4.78, 5) is 0. The van der Waals surface area contributed by atoms with E-state index in [-0.39, 0.29) is 12.0 Å². The van der Waals surface area contributed by atoms with Gasteiger partial charge in [-0.05, 0) is 18.9 Å². The van der Waals surface area contributed by atoms with Gasteiger partial charge < -0.3 is 0 Å². The molecule has 2 unspecified atom stereocenters. The molecule has 0 radical (unpaired) electrons. The van der Waals surface area contributed by atoms with Gasteiger partial charge >= 0.3 is 47.4 Å². The third-order valence-electron chi connectivity index (χ3n) is 3.23. The number of rotatable bonds is 3. The fraction of sp³-hybridized carbons (Fsp3) is 0.429. The van der Waals surface area contributed by atoms with Gasteiger partial charge in [0.05, 0.1) is 0 Å². The number of allylic oxidation sites excluding steroid dienone is 8. The third kappa shape index (κ3) is 4.51. The van der Waals surface area contributed by atoms with Gasteiger partial charge in [-0.25, -0.2) is 22.0 Å². The zero-order valence-corrected chi connectivity index (χ0v) is 15.0. The Morgan fingerprint density at radius 3 is 2.17 bits per heavy atom. The summed E-state index contributed by atoms with van der Waals surface area (Å²) in [5, 5.41) is 0. The van der Waals surface area contributed by atoms with Crippen LogP contribution >= 0.6 is 9.70 Å². The summed E-state index contributed by atoms with van der Waals surface area (Å²) < 4.78 is 76.4. The quantitative estimate of drug-likeness (QED) is 0.490. The van der Waals surface area contributed by atoms with Gasteiger partial charge in [-0.1, -0.05) is 18.2 Å². The molecule has 2 nitrogen and oxygen atoms in total. The maximum absolute atomic E-state index is 14.1. The van der Waals surface area contributed by atoms with Gasteiger partial charge in [0.15, 0.2) is 29.3 Å². The zero-order chi connectivity index (χ0) is 17.8. The summed E-state index contributed by atoms with van der Waals surface area (Å²) in [7, 11) is 7.81. The van der Waals surface area contributed by atoms with Crippen molar-refractivity contribution < 1.29 is 45.4 Å². The molecule has 0 aromatic rings. The van der Waals surface area contributed by atoms with Crippen LogP contribution in [0.1, 0.15) is 13.3 Å². The van der Waals surface area contributed by atoms with Gasteiger partial charge in [-0.15, -0.1) is 0 Å². The van der Waals surface area contributed by atoms with Crippen LogP contribution in [0.3, 0.4) is 0 Å². The third-order valence-corrected chi connectivity index (χ3v) is 5.65. The van der Waals surface area contributed by atoms with Crippen LogP contribution in [0, 0.1) is 0 Å². The van der Waals surface area contributed by atoms with E-state index >= 15 is 0 Å². The molecule has 9 heteroatoms. The van der Waals surface area contributed by atoms with Crippen LogP contribution in [0.25, 0.3) is 0 Å². The molecule has 2 aliphatic rings. The second-order valence-corrected chi connectivity index (χ2v) is 8.20. The first kappa shape index (κ1) is 20.5. The van der Waals surface area contributed by atoms with Gasteiger partial charge in [-0.3, -0.25) is 0 Å². The van der Waals surface area contributed by atoms with Crippen LogP contribution in [0.5, 0.6) is 0 Å². The molecular formula is C14H15F5O2STi. The first-order valence-corrected chi connectivity index (χ1v) is 10.0. The zero-order valence-electron chi connectivity index (χ0n) is 12.6. The van der Waals surface area contributed by atoms with E-state index in [1.165, 1.54) is 12.2 Å². The predicted octanol–water partition coefficient (Wildman–Crippen LogP) is 5.17. The Hall–Kier alpha value is -0.536. The monoisotopic (exact) mass is 390 g/mol. The van der Waals surface area contributed by atoms with E-state index in [0.29, 0.717) is 6.92 Å². The average Bonchev–Trinajstić information content (AvgIpc) is 3.04. The molecule has 2 rings (SSSR count). The van der Waals surface area contributed by atoms with Crippen molar-refractivity contribution in [3.05, 3.63) is 46.9 Å². The molecule has 0 saturated carbocycles. The number of alkyl halides is 2. The van der Waals surface area contributed by atoms with Gasteiger partial charge in [0, 0.05) is 5.57 Å². The topological polar surface area (TPSA) is 18.5 Å². The van der Waals surface area contributed by atoms with Crippen molar-refractivity contribution in [2.24, 2.45) is 0 Å². The predicted molar refractivity (Wildman–Crippen MR) is 75.2 cm³/mol. The number of halogens is 5. The summed E-state index contributed by atoms with van der Waals surface area (Å²) in [5.74, 6) is -5.63. The Balaban J connectivity index is 0.000000379. The fourth-order valence-electron chi connectivity index (χ4n) is 2.08. The Morgan fingerprint density at radius 1 is 1.22 bits per heavy atom. The normalized spacial score (nSPS) is 27.0. The van der Waals surface area contributed by atoms with E-state index < -0.39 is 51.7 Å². The molecule has 0 bridgehead atoms. The molecule has 0 amide bonds. The van der Waals surface area contributed by atoms with Gasteiger partial charge in [0.1, 0.15) is 0 Å². The SMILES string of the molecule is CC1(F)C(C2=CC=CC2)=C(F)C(F)=C(F)C1F.C[O][Ti](=[S])[O]C. The van der Waals surface area contributed by atoms with E-state index in [4.69, 9.17) is 0 Å². The van der Waals surface area contributed by atoms with E-state index in [0.717, 1.165) is 0 Å². The van der Waals surface area contributed by atoms with Gasteiger partial charge in [-0.2, -0.15) is 0 Å². The first-order chi connectivity index (χ1) is 10.7. The Labute approximate surface area is 141 Å². The summed E-state index contributed by atoms with van der Waals surface area (Å²) in [5.41, 5.74) is -3.52. The number of hydrogen-bond acceptors (Lipinski definition) is 3. The minimum absolute atomic E-state index is 0.123. The van der Waals surface area contributed by atoms with Crippen molar-refractivity contribution in [2.75, 3.05) is 14.2 Å². The van der Waals surface area contributed by atoms with Gasteiger partial charge in [0.2, 0.25) is 0 Å². The van der Waals surface area contributed by atoms with Crippen LogP contribution in [0.4, 0.5) is 22.0 Å². The van der Waals surface area contributed by atoms with E-state index in [1.807, 2.05) is 0 Å². The van der Waals surface area contributed by atoms with Crippen LogP contribution in [-0.4, -0.2) is 26.1 Å². The summed E-state index contributed by atoms with van der Waals surface area (Å²) in [6.07, 6.45) is 1.81. The molecule has 128 valence electrons. The second-order valence-electron chi connectivity index (χ2n) is 4.77. The van der Waals surface area contributed by atoms with Crippen LogP contribution in [-0.2, 0) is 23.4 Å². The molecule has 2 aliphatic carbocycles. The van der Waals surface area contributed by atoms with E-state index in [9.17, 15) is 22.0 Å². The van der Waals surface area contributed by atoms with E-state index in [1.54, 1.807) is 20.3 Å². The Bertz CT molecular complexity index is 604. The molecule has 2 atom stereocenters. The Morgan fingerprint density at radius 2 is 1.78 bits per heavy atom. The average molecular weight is 390 g/mol. The molecule has 0 aromatic heterocycles. The Kier molecular flexibility index (Phi) is 7.61. The van der Waals surface area contributed by atoms with Gasteiger partial charge in [0.25, 0.3) is 0 Å².